The summed E-state index contributed by atoms with van der Waals surface area (Å²) >= 11 is 0. The molecule has 3 rings (SSSR count). The number of aliphatic carboxylic acids is 1. The Kier molecular flexibility index (Phi) is 7.64. The summed E-state index contributed by atoms with van der Waals surface area (Å²) in [7, 11) is 1.62. The molecule has 9 heteroatoms. The van der Waals surface area contributed by atoms with Crippen molar-refractivity contribution in [2.45, 2.75) is 52.2 Å². The molecule has 2 aliphatic heterocycles. The van der Waals surface area contributed by atoms with E-state index < -0.39 is 23.4 Å². The first-order chi connectivity index (χ1) is 15.6. The summed E-state index contributed by atoms with van der Waals surface area (Å²) in [4.78, 5) is 41.5. The number of hydrogen-bond acceptors (Lipinski definition) is 6. The maximum absolute atomic E-state index is 13.5. The Morgan fingerprint density at radius 2 is 2.00 bits per heavy atom. The molecule has 0 spiro atoms. The zero-order chi connectivity index (χ0) is 24.3. The van der Waals surface area contributed by atoms with Crippen LogP contribution in [0, 0.1) is 11.8 Å². The lowest BCUT2D eigenvalue weighted by Crippen LogP contribution is -2.53. The summed E-state index contributed by atoms with van der Waals surface area (Å²) in [6, 6.07) is 5.28. The van der Waals surface area contributed by atoms with Gasteiger partial charge in [-0.05, 0) is 58.7 Å². The number of carboxylic acids is 1. The fourth-order valence-corrected chi connectivity index (χ4v) is 4.49. The van der Waals surface area contributed by atoms with Gasteiger partial charge >= 0.3 is 5.97 Å². The Morgan fingerprint density at radius 3 is 2.64 bits per heavy atom. The van der Waals surface area contributed by atoms with Crippen LogP contribution in [0.5, 0.6) is 5.75 Å². The van der Waals surface area contributed by atoms with Gasteiger partial charge in [-0.15, -0.1) is 0 Å². The molecule has 1 fully saturated rings. The molecule has 33 heavy (non-hydrogen) atoms. The van der Waals surface area contributed by atoms with Crippen molar-refractivity contribution in [3.8, 4) is 5.75 Å². The zero-order valence-corrected chi connectivity index (χ0v) is 20.1. The largest absolute Gasteiger partial charge is 0.481 e. The molecule has 0 radical (unpaired) electrons. The number of anilines is 2. The van der Waals surface area contributed by atoms with Crippen molar-refractivity contribution in [1.29, 1.82) is 0 Å². The van der Waals surface area contributed by atoms with E-state index in [2.05, 4.69) is 5.32 Å². The monoisotopic (exact) mass is 461 g/mol. The highest BCUT2D eigenvalue weighted by Crippen LogP contribution is 2.41. The van der Waals surface area contributed by atoms with Crippen molar-refractivity contribution >= 4 is 29.2 Å². The van der Waals surface area contributed by atoms with Gasteiger partial charge in [-0.25, -0.2) is 0 Å². The van der Waals surface area contributed by atoms with Crippen molar-refractivity contribution in [3.05, 3.63) is 18.2 Å². The molecule has 0 saturated carbocycles. The minimum absolute atomic E-state index is 0.127. The summed E-state index contributed by atoms with van der Waals surface area (Å²) < 4.78 is 11.1. The number of fused-ring (bicyclic) bond motifs is 1. The molecule has 0 bridgehead atoms. The SMILES string of the molecule is COCCCN1C(=O)C(C)(C)Oc2ccc(N(C(=O)[C@H]3CNC[C@@H](C(=O)O)C3)C(C)C)cc21. The normalized spacial score (nSPS) is 22.0. The van der Waals surface area contributed by atoms with Gasteiger partial charge in [0.25, 0.3) is 5.91 Å². The molecule has 1 aromatic rings. The van der Waals surface area contributed by atoms with Crippen LogP contribution in [-0.4, -0.2) is 67.9 Å². The summed E-state index contributed by atoms with van der Waals surface area (Å²) in [6.07, 6.45) is 0.966. The van der Waals surface area contributed by atoms with Gasteiger partial charge in [0.15, 0.2) is 5.60 Å². The first kappa shape index (κ1) is 25.0. The number of benzene rings is 1. The average Bonchev–Trinajstić information content (AvgIpc) is 2.76. The number of piperidine rings is 1. The second-order valence-electron chi connectivity index (χ2n) is 9.50. The Balaban J connectivity index is 1.93. The minimum Gasteiger partial charge on any atom is -0.481 e. The Hall–Kier alpha value is -2.65. The summed E-state index contributed by atoms with van der Waals surface area (Å²) in [5.41, 5.74) is 0.282. The van der Waals surface area contributed by atoms with Crippen LogP contribution in [0.1, 0.15) is 40.5 Å². The lowest BCUT2D eigenvalue weighted by atomic mass is 9.89. The topological polar surface area (TPSA) is 108 Å². The number of methoxy groups -OCH3 is 1. The fraction of sp³-hybridized carbons (Fsp3) is 0.625. The first-order valence-corrected chi connectivity index (χ1v) is 11.5. The molecule has 182 valence electrons. The van der Waals surface area contributed by atoms with E-state index in [9.17, 15) is 19.5 Å². The van der Waals surface area contributed by atoms with E-state index in [1.54, 1.807) is 36.8 Å². The number of nitrogens with one attached hydrogen (secondary N) is 1. The van der Waals surface area contributed by atoms with Gasteiger partial charge in [0, 0.05) is 45.1 Å². The standard InChI is InChI=1S/C24H35N3O6/c1-15(2)27(21(28)16-11-17(22(29)30)14-25-13-16)18-7-8-20-19(12-18)26(9-6-10-32-5)23(31)24(3,4)33-20/h7-8,12,15-17,25H,6,9-11,13-14H2,1-5H3,(H,29,30)/t16-,17+/m1/s1. The van der Waals surface area contributed by atoms with Gasteiger partial charge in [-0.2, -0.15) is 0 Å². The molecule has 2 heterocycles. The van der Waals surface area contributed by atoms with Gasteiger partial charge in [0.1, 0.15) is 5.75 Å². The van der Waals surface area contributed by atoms with Gasteiger partial charge in [0.05, 0.1) is 17.5 Å². The van der Waals surface area contributed by atoms with Crippen LogP contribution in [-0.2, 0) is 19.1 Å². The maximum atomic E-state index is 13.5. The minimum atomic E-state index is -0.991. The van der Waals surface area contributed by atoms with Crippen LogP contribution in [0.15, 0.2) is 18.2 Å². The highest BCUT2D eigenvalue weighted by molar-refractivity contribution is 6.04. The van der Waals surface area contributed by atoms with Crippen LogP contribution in [0.4, 0.5) is 11.4 Å². The van der Waals surface area contributed by atoms with Gasteiger partial charge < -0.3 is 29.7 Å². The molecule has 0 aromatic heterocycles. The quantitative estimate of drug-likeness (QED) is 0.572. The van der Waals surface area contributed by atoms with Crippen molar-refractivity contribution in [2.24, 2.45) is 11.8 Å². The maximum Gasteiger partial charge on any atom is 0.307 e. The number of carbonyl (C=O) groups is 3. The molecular weight excluding hydrogens is 426 g/mol. The Morgan fingerprint density at radius 1 is 1.30 bits per heavy atom. The molecule has 0 aliphatic carbocycles. The second-order valence-corrected chi connectivity index (χ2v) is 9.50. The Bertz CT molecular complexity index is 900. The molecule has 2 aliphatic rings. The Labute approximate surface area is 195 Å². The van der Waals surface area contributed by atoms with E-state index >= 15 is 0 Å². The third kappa shape index (κ3) is 5.30. The number of amides is 2. The highest BCUT2D eigenvalue weighted by atomic mass is 16.5. The highest BCUT2D eigenvalue weighted by Gasteiger charge is 2.41. The van der Waals surface area contributed by atoms with Gasteiger partial charge in [-0.3, -0.25) is 14.4 Å². The van der Waals surface area contributed by atoms with E-state index in [0.717, 1.165) is 0 Å². The molecular formula is C24H35N3O6. The second kappa shape index (κ2) is 10.1. The predicted molar refractivity (Wildman–Crippen MR) is 125 cm³/mol. The number of ether oxygens (including phenoxy) is 2. The zero-order valence-electron chi connectivity index (χ0n) is 20.1. The van der Waals surface area contributed by atoms with Crippen molar-refractivity contribution in [2.75, 3.05) is 43.2 Å². The summed E-state index contributed by atoms with van der Waals surface area (Å²) in [6.45, 7) is 9.13. The number of carboxylic acid groups (broad SMARTS) is 1. The van der Waals surface area contributed by atoms with Crippen LogP contribution in [0.25, 0.3) is 0 Å². The number of carbonyl (C=O) groups excluding carboxylic acids is 2. The third-order valence-corrected chi connectivity index (χ3v) is 6.17. The van der Waals surface area contributed by atoms with Gasteiger partial charge in [0.2, 0.25) is 5.91 Å². The molecule has 2 amide bonds. The number of nitrogens with zero attached hydrogens (tertiary/aromatic N) is 2. The number of rotatable bonds is 8. The molecule has 2 N–H and O–H groups in total. The van der Waals surface area contributed by atoms with E-state index in [4.69, 9.17) is 9.47 Å². The van der Waals surface area contributed by atoms with Crippen molar-refractivity contribution in [3.63, 3.8) is 0 Å². The fourth-order valence-electron chi connectivity index (χ4n) is 4.49. The van der Waals surface area contributed by atoms with Crippen LogP contribution in [0.2, 0.25) is 0 Å². The van der Waals surface area contributed by atoms with Crippen molar-refractivity contribution in [1.82, 2.24) is 5.32 Å². The molecule has 1 saturated heterocycles. The first-order valence-electron chi connectivity index (χ1n) is 11.5. The lowest BCUT2D eigenvalue weighted by Gasteiger charge is -2.40. The lowest BCUT2D eigenvalue weighted by molar-refractivity contribution is -0.143. The van der Waals surface area contributed by atoms with E-state index in [-0.39, 0.29) is 17.9 Å². The van der Waals surface area contributed by atoms with Crippen LogP contribution >= 0.6 is 0 Å². The van der Waals surface area contributed by atoms with Crippen LogP contribution < -0.4 is 19.9 Å². The van der Waals surface area contributed by atoms with E-state index in [1.807, 2.05) is 26.0 Å². The van der Waals surface area contributed by atoms with E-state index in [1.165, 1.54) is 0 Å². The average molecular weight is 462 g/mol. The van der Waals surface area contributed by atoms with E-state index in [0.29, 0.717) is 56.2 Å². The molecule has 9 nitrogen and oxygen atoms in total. The smallest absolute Gasteiger partial charge is 0.307 e. The summed E-state index contributed by atoms with van der Waals surface area (Å²) in [5, 5.41) is 12.5. The molecule has 0 unspecified atom stereocenters. The van der Waals surface area contributed by atoms with Gasteiger partial charge in [-0.1, -0.05) is 0 Å². The van der Waals surface area contributed by atoms with Crippen molar-refractivity contribution < 1.29 is 29.0 Å². The molecule has 2 atom stereocenters. The predicted octanol–water partition coefficient (Wildman–Crippen LogP) is 2.28. The summed E-state index contributed by atoms with van der Waals surface area (Å²) in [5.74, 6) is -1.61. The molecule has 1 aromatic carbocycles. The van der Waals surface area contributed by atoms with Crippen LogP contribution in [0.3, 0.4) is 0 Å². The third-order valence-electron chi connectivity index (χ3n) is 6.17. The number of hydrogen-bond donors (Lipinski definition) is 2.